The van der Waals surface area contributed by atoms with Crippen LogP contribution in [0.3, 0.4) is 0 Å². The second-order valence-corrected chi connectivity index (χ2v) is 8.87. The third-order valence-corrected chi connectivity index (χ3v) is 6.84. The van der Waals surface area contributed by atoms with E-state index in [0.29, 0.717) is 32.0 Å². The molecule has 1 saturated heterocycles. The second kappa shape index (κ2) is 8.79. The number of hydrogen-bond donors (Lipinski definition) is 1. The first-order chi connectivity index (χ1) is 14.5. The molecule has 0 saturated carbocycles. The van der Waals surface area contributed by atoms with E-state index in [9.17, 15) is 13.2 Å². The molecule has 1 aliphatic heterocycles. The van der Waals surface area contributed by atoms with Crippen LogP contribution in [0.15, 0.2) is 77.7 Å². The minimum absolute atomic E-state index is 0.153. The number of carbonyl (C=O) groups is 1. The van der Waals surface area contributed by atoms with Crippen molar-refractivity contribution in [3.8, 4) is 0 Å². The van der Waals surface area contributed by atoms with Gasteiger partial charge in [0.1, 0.15) is 0 Å². The molecule has 154 valence electrons. The molecule has 1 aliphatic rings. The molecule has 0 aliphatic carbocycles. The van der Waals surface area contributed by atoms with Gasteiger partial charge in [-0.15, -0.1) is 0 Å². The van der Waals surface area contributed by atoms with Gasteiger partial charge in [0, 0.05) is 24.9 Å². The molecule has 0 aromatic heterocycles. The number of benzene rings is 3. The fraction of sp³-hybridized carbons (Fsp3) is 0.174. The van der Waals surface area contributed by atoms with Crippen molar-refractivity contribution in [2.75, 3.05) is 31.6 Å². The fourth-order valence-electron chi connectivity index (χ4n) is 3.42. The first-order valence-electron chi connectivity index (χ1n) is 9.69. The van der Waals surface area contributed by atoms with Crippen molar-refractivity contribution >= 4 is 38.5 Å². The summed E-state index contributed by atoms with van der Waals surface area (Å²) in [6.07, 6.45) is 3.21. The van der Waals surface area contributed by atoms with Crippen LogP contribution in [0.5, 0.6) is 0 Å². The zero-order chi connectivity index (χ0) is 21.0. The summed E-state index contributed by atoms with van der Waals surface area (Å²) in [5.74, 6) is -0.330. The molecule has 1 heterocycles. The number of hydrogen-bond acceptors (Lipinski definition) is 4. The second-order valence-electron chi connectivity index (χ2n) is 6.94. The zero-order valence-corrected chi connectivity index (χ0v) is 17.1. The number of morpholine rings is 1. The van der Waals surface area contributed by atoms with E-state index in [1.54, 1.807) is 18.2 Å². The molecule has 3 aromatic rings. The van der Waals surface area contributed by atoms with Crippen LogP contribution in [0.4, 0.5) is 5.69 Å². The highest BCUT2D eigenvalue weighted by Gasteiger charge is 2.26. The Morgan fingerprint density at radius 2 is 1.70 bits per heavy atom. The minimum Gasteiger partial charge on any atom is -0.379 e. The molecule has 6 nitrogen and oxygen atoms in total. The molecule has 0 spiro atoms. The number of sulfonamides is 1. The van der Waals surface area contributed by atoms with E-state index in [1.165, 1.54) is 22.5 Å². The van der Waals surface area contributed by atoms with Gasteiger partial charge in [0.05, 0.1) is 18.1 Å². The average Bonchev–Trinajstić information content (AvgIpc) is 2.78. The SMILES string of the molecule is O=C(/C=C/c1cccc2ccccc12)Nc1cccc(S(=O)(=O)N2CCOCC2)c1. The molecule has 1 N–H and O–H groups in total. The van der Waals surface area contributed by atoms with Gasteiger partial charge in [-0.1, -0.05) is 48.5 Å². The van der Waals surface area contributed by atoms with Crippen LogP contribution in [0.1, 0.15) is 5.56 Å². The number of nitrogens with one attached hydrogen (secondary N) is 1. The van der Waals surface area contributed by atoms with E-state index in [0.717, 1.165) is 16.3 Å². The van der Waals surface area contributed by atoms with E-state index < -0.39 is 10.0 Å². The highest BCUT2D eigenvalue weighted by molar-refractivity contribution is 7.89. The fourth-order valence-corrected chi connectivity index (χ4v) is 4.87. The Bertz CT molecular complexity index is 1190. The van der Waals surface area contributed by atoms with Gasteiger partial charge in [0.2, 0.25) is 15.9 Å². The largest absolute Gasteiger partial charge is 0.379 e. The number of fused-ring (bicyclic) bond motifs is 1. The Labute approximate surface area is 175 Å². The number of carbonyl (C=O) groups excluding carboxylic acids is 1. The van der Waals surface area contributed by atoms with Crippen LogP contribution in [-0.2, 0) is 19.6 Å². The summed E-state index contributed by atoms with van der Waals surface area (Å²) in [5.41, 5.74) is 1.36. The van der Waals surface area contributed by atoms with Gasteiger partial charge in [-0.05, 0) is 40.6 Å². The highest BCUT2D eigenvalue weighted by Crippen LogP contribution is 2.22. The molecular weight excluding hydrogens is 400 g/mol. The van der Waals surface area contributed by atoms with E-state index in [2.05, 4.69) is 5.32 Å². The average molecular weight is 423 g/mol. The topological polar surface area (TPSA) is 75.7 Å². The molecule has 0 radical (unpaired) electrons. The smallest absolute Gasteiger partial charge is 0.248 e. The van der Waals surface area contributed by atoms with E-state index in [-0.39, 0.29) is 10.8 Å². The van der Waals surface area contributed by atoms with Gasteiger partial charge >= 0.3 is 0 Å². The molecule has 1 amide bonds. The quantitative estimate of drug-likeness (QED) is 0.639. The molecule has 1 fully saturated rings. The molecule has 4 rings (SSSR count). The third-order valence-electron chi connectivity index (χ3n) is 4.95. The third kappa shape index (κ3) is 4.43. The lowest BCUT2D eigenvalue weighted by Gasteiger charge is -2.26. The van der Waals surface area contributed by atoms with Gasteiger partial charge in [-0.2, -0.15) is 4.31 Å². The lowest BCUT2D eigenvalue weighted by atomic mass is 10.0. The highest BCUT2D eigenvalue weighted by atomic mass is 32.2. The Kier molecular flexibility index (Phi) is 5.94. The predicted octanol–water partition coefficient (Wildman–Crippen LogP) is 3.51. The van der Waals surface area contributed by atoms with Gasteiger partial charge in [-0.3, -0.25) is 4.79 Å². The van der Waals surface area contributed by atoms with Crippen molar-refractivity contribution in [2.24, 2.45) is 0 Å². The van der Waals surface area contributed by atoms with Gasteiger partial charge in [0.15, 0.2) is 0 Å². The standard InChI is InChI=1S/C23H22N2O4S/c26-23(12-11-19-7-3-6-18-5-1-2-10-22(18)19)24-20-8-4-9-21(17-20)30(27,28)25-13-15-29-16-14-25/h1-12,17H,13-16H2,(H,24,26)/b12-11+. The predicted molar refractivity (Wildman–Crippen MR) is 118 cm³/mol. The first-order valence-corrected chi connectivity index (χ1v) is 11.1. The van der Waals surface area contributed by atoms with E-state index in [1.807, 2.05) is 42.5 Å². The molecule has 30 heavy (non-hydrogen) atoms. The van der Waals surface area contributed by atoms with Gasteiger partial charge in [-0.25, -0.2) is 8.42 Å². The Hall–Kier alpha value is -3.00. The van der Waals surface area contributed by atoms with Gasteiger partial charge in [0.25, 0.3) is 0 Å². The molecule has 7 heteroatoms. The Balaban J connectivity index is 1.50. The van der Waals surface area contributed by atoms with E-state index >= 15 is 0 Å². The lowest BCUT2D eigenvalue weighted by molar-refractivity contribution is -0.111. The first kappa shape index (κ1) is 20.3. The maximum Gasteiger partial charge on any atom is 0.248 e. The maximum absolute atomic E-state index is 12.8. The van der Waals surface area contributed by atoms with Gasteiger partial charge < -0.3 is 10.1 Å². The summed E-state index contributed by atoms with van der Waals surface area (Å²) in [7, 11) is -3.62. The number of rotatable bonds is 5. The minimum atomic E-state index is -3.62. The number of nitrogens with zero attached hydrogens (tertiary/aromatic N) is 1. The van der Waals surface area contributed by atoms with Crippen molar-refractivity contribution in [3.05, 3.63) is 78.4 Å². The maximum atomic E-state index is 12.8. The number of ether oxygens (including phenoxy) is 1. The summed E-state index contributed by atoms with van der Waals surface area (Å²) >= 11 is 0. The summed E-state index contributed by atoms with van der Waals surface area (Å²) < 4.78 is 32.2. The Morgan fingerprint density at radius 3 is 2.53 bits per heavy atom. The van der Waals surface area contributed by atoms with Crippen molar-refractivity contribution in [1.29, 1.82) is 0 Å². The molecule has 0 atom stereocenters. The van der Waals surface area contributed by atoms with Crippen molar-refractivity contribution in [2.45, 2.75) is 4.90 Å². The van der Waals surface area contributed by atoms with Crippen LogP contribution < -0.4 is 5.32 Å². The number of anilines is 1. The van der Waals surface area contributed by atoms with Crippen molar-refractivity contribution in [1.82, 2.24) is 4.31 Å². The van der Waals surface area contributed by atoms with E-state index in [4.69, 9.17) is 4.74 Å². The van der Waals surface area contributed by atoms with Crippen molar-refractivity contribution in [3.63, 3.8) is 0 Å². The molecule has 3 aromatic carbocycles. The molecule has 0 unspecified atom stereocenters. The van der Waals surface area contributed by atoms with Crippen LogP contribution >= 0.6 is 0 Å². The molecule has 0 bridgehead atoms. The zero-order valence-electron chi connectivity index (χ0n) is 16.3. The van der Waals surface area contributed by atoms with Crippen LogP contribution in [-0.4, -0.2) is 44.9 Å². The van der Waals surface area contributed by atoms with Crippen molar-refractivity contribution < 1.29 is 17.9 Å². The lowest BCUT2D eigenvalue weighted by Crippen LogP contribution is -2.40. The summed E-state index contributed by atoms with van der Waals surface area (Å²) in [6.45, 7) is 1.42. The van der Waals surface area contributed by atoms with Crippen LogP contribution in [0, 0.1) is 0 Å². The summed E-state index contributed by atoms with van der Waals surface area (Å²) in [4.78, 5) is 12.6. The summed E-state index contributed by atoms with van der Waals surface area (Å²) in [6, 6.07) is 20.2. The molecular formula is C23H22N2O4S. The Morgan fingerprint density at radius 1 is 0.967 bits per heavy atom. The number of amides is 1. The summed E-state index contributed by atoms with van der Waals surface area (Å²) in [5, 5.41) is 4.90. The monoisotopic (exact) mass is 422 g/mol. The normalized spacial score (nSPS) is 15.5. The van der Waals surface area contributed by atoms with Crippen LogP contribution in [0.2, 0.25) is 0 Å². The van der Waals surface area contributed by atoms with Crippen LogP contribution in [0.25, 0.3) is 16.8 Å².